The van der Waals surface area contributed by atoms with Gasteiger partial charge in [0.25, 0.3) is 0 Å². The van der Waals surface area contributed by atoms with E-state index in [9.17, 15) is 4.79 Å². The van der Waals surface area contributed by atoms with Crippen LogP contribution in [0.3, 0.4) is 0 Å². The van der Waals surface area contributed by atoms with Gasteiger partial charge in [-0.1, -0.05) is 48.5 Å². The van der Waals surface area contributed by atoms with Crippen molar-refractivity contribution in [2.24, 2.45) is 5.41 Å². The summed E-state index contributed by atoms with van der Waals surface area (Å²) in [6.45, 7) is 3.78. The molecule has 124 valence electrons. The van der Waals surface area contributed by atoms with Crippen molar-refractivity contribution in [3.05, 3.63) is 66.2 Å². The third kappa shape index (κ3) is 2.84. The van der Waals surface area contributed by atoms with Crippen molar-refractivity contribution in [2.75, 3.05) is 24.5 Å². The number of nitrogens with zero attached hydrogens (tertiary/aromatic N) is 2. The molecule has 2 fully saturated rings. The van der Waals surface area contributed by atoms with Gasteiger partial charge in [-0.25, -0.2) is 0 Å². The van der Waals surface area contributed by atoms with E-state index in [1.54, 1.807) is 0 Å². The summed E-state index contributed by atoms with van der Waals surface area (Å²) in [5.74, 6) is 0.325. The molecule has 1 spiro atoms. The predicted octanol–water partition coefficient (Wildman–Crippen LogP) is 3.71. The largest absolute Gasteiger partial charge is 0.312 e. The zero-order chi connectivity index (χ0) is 16.4. The summed E-state index contributed by atoms with van der Waals surface area (Å²) in [6, 6.07) is 20.7. The number of amides is 1. The number of para-hydroxylation sites is 1. The summed E-state index contributed by atoms with van der Waals surface area (Å²) in [5, 5.41) is 0. The maximum absolute atomic E-state index is 13.2. The monoisotopic (exact) mass is 320 g/mol. The Hall–Kier alpha value is -2.13. The molecule has 2 aliphatic heterocycles. The minimum absolute atomic E-state index is 0.178. The maximum Gasteiger partial charge on any atom is 0.234 e. The van der Waals surface area contributed by atoms with Crippen LogP contribution < -0.4 is 4.90 Å². The van der Waals surface area contributed by atoms with Gasteiger partial charge in [-0.2, -0.15) is 0 Å². The molecule has 2 heterocycles. The molecule has 3 nitrogen and oxygen atoms in total. The van der Waals surface area contributed by atoms with Crippen LogP contribution in [-0.2, 0) is 11.3 Å². The Morgan fingerprint density at radius 2 is 1.58 bits per heavy atom. The number of rotatable bonds is 3. The highest BCUT2D eigenvalue weighted by Crippen LogP contribution is 2.42. The van der Waals surface area contributed by atoms with Crippen molar-refractivity contribution in [2.45, 2.75) is 25.8 Å². The van der Waals surface area contributed by atoms with Crippen LogP contribution in [0.4, 0.5) is 5.69 Å². The van der Waals surface area contributed by atoms with Gasteiger partial charge in [-0.05, 0) is 43.5 Å². The van der Waals surface area contributed by atoms with Crippen molar-refractivity contribution in [3.8, 4) is 0 Å². The lowest BCUT2D eigenvalue weighted by molar-refractivity contribution is -0.128. The fourth-order valence-electron chi connectivity index (χ4n) is 4.26. The van der Waals surface area contributed by atoms with E-state index in [-0.39, 0.29) is 5.41 Å². The van der Waals surface area contributed by atoms with Gasteiger partial charge in [0.2, 0.25) is 5.91 Å². The number of piperidine rings is 1. The normalized spacial score (nSPS) is 24.7. The Balaban J connectivity index is 1.50. The van der Waals surface area contributed by atoms with Crippen molar-refractivity contribution in [1.82, 2.24) is 4.90 Å². The van der Waals surface area contributed by atoms with E-state index < -0.39 is 0 Å². The summed E-state index contributed by atoms with van der Waals surface area (Å²) in [6.07, 6.45) is 3.12. The van der Waals surface area contributed by atoms with Crippen molar-refractivity contribution in [3.63, 3.8) is 0 Å². The number of benzene rings is 2. The Morgan fingerprint density at radius 3 is 2.33 bits per heavy atom. The molecule has 2 aromatic rings. The Bertz CT molecular complexity index is 700. The summed E-state index contributed by atoms with van der Waals surface area (Å²) in [5.41, 5.74) is 2.20. The zero-order valence-corrected chi connectivity index (χ0v) is 14.0. The molecule has 0 radical (unpaired) electrons. The Labute approximate surface area is 143 Å². The van der Waals surface area contributed by atoms with E-state index in [4.69, 9.17) is 0 Å². The van der Waals surface area contributed by atoms with Crippen LogP contribution in [0.25, 0.3) is 0 Å². The second-order valence-corrected chi connectivity index (χ2v) is 7.12. The minimum atomic E-state index is -0.178. The van der Waals surface area contributed by atoms with Gasteiger partial charge in [-0.15, -0.1) is 0 Å². The molecule has 2 saturated heterocycles. The molecule has 3 heteroatoms. The molecule has 2 aromatic carbocycles. The maximum atomic E-state index is 13.2. The zero-order valence-electron chi connectivity index (χ0n) is 14.0. The van der Waals surface area contributed by atoms with Crippen molar-refractivity contribution >= 4 is 11.6 Å². The van der Waals surface area contributed by atoms with Gasteiger partial charge < -0.3 is 4.90 Å². The Morgan fingerprint density at radius 1 is 0.875 bits per heavy atom. The highest BCUT2D eigenvalue weighted by Gasteiger charge is 2.49. The first-order chi connectivity index (χ1) is 11.8. The number of hydrogen-bond donors (Lipinski definition) is 0. The van der Waals surface area contributed by atoms with Gasteiger partial charge in [0.15, 0.2) is 0 Å². The lowest BCUT2D eigenvalue weighted by Gasteiger charge is -2.39. The topological polar surface area (TPSA) is 23.6 Å². The summed E-state index contributed by atoms with van der Waals surface area (Å²) < 4.78 is 0. The van der Waals surface area contributed by atoms with Gasteiger partial charge in [0, 0.05) is 25.3 Å². The van der Waals surface area contributed by atoms with Gasteiger partial charge in [0.05, 0.1) is 5.41 Å². The third-order valence-corrected chi connectivity index (χ3v) is 5.49. The minimum Gasteiger partial charge on any atom is -0.312 e. The fourth-order valence-corrected chi connectivity index (χ4v) is 4.26. The van der Waals surface area contributed by atoms with Gasteiger partial charge in [0.1, 0.15) is 0 Å². The van der Waals surface area contributed by atoms with E-state index in [1.165, 1.54) is 5.56 Å². The summed E-state index contributed by atoms with van der Waals surface area (Å²) in [4.78, 5) is 17.6. The molecule has 0 N–H and O–H groups in total. The van der Waals surface area contributed by atoms with E-state index in [1.807, 2.05) is 35.2 Å². The molecule has 0 aliphatic carbocycles. The van der Waals surface area contributed by atoms with Crippen LogP contribution >= 0.6 is 0 Å². The van der Waals surface area contributed by atoms with Crippen LogP contribution in [-0.4, -0.2) is 30.4 Å². The molecular formula is C21H24N2O. The highest BCUT2D eigenvalue weighted by atomic mass is 16.2. The molecule has 24 heavy (non-hydrogen) atoms. The highest BCUT2D eigenvalue weighted by molar-refractivity contribution is 6.00. The number of likely N-dealkylation sites (tertiary alicyclic amines) is 1. The number of anilines is 1. The summed E-state index contributed by atoms with van der Waals surface area (Å²) >= 11 is 0. The molecule has 1 amide bonds. The first kappa shape index (κ1) is 15.4. The fraction of sp³-hybridized carbons (Fsp3) is 0.381. The quantitative estimate of drug-likeness (QED) is 0.861. The third-order valence-electron chi connectivity index (χ3n) is 5.49. The first-order valence-electron chi connectivity index (χ1n) is 8.90. The van der Waals surface area contributed by atoms with E-state index in [2.05, 4.69) is 35.2 Å². The predicted molar refractivity (Wildman–Crippen MR) is 96.8 cm³/mol. The van der Waals surface area contributed by atoms with Crippen LogP contribution in [0.15, 0.2) is 60.7 Å². The van der Waals surface area contributed by atoms with E-state index in [0.717, 1.165) is 51.1 Å². The molecule has 4 rings (SSSR count). The SMILES string of the molecule is O=C1N(c2ccccc2)CC[C@@]12CCCN(Cc1ccccc1)C2. The smallest absolute Gasteiger partial charge is 0.234 e. The van der Waals surface area contributed by atoms with Crippen LogP contribution in [0.2, 0.25) is 0 Å². The van der Waals surface area contributed by atoms with Crippen LogP contribution in [0, 0.1) is 5.41 Å². The first-order valence-corrected chi connectivity index (χ1v) is 8.90. The van der Waals surface area contributed by atoms with Gasteiger partial charge >= 0.3 is 0 Å². The number of carbonyl (C=O) groups is 1. The van der Waals surface area contributed by atoms with E-state index >= 15 is 0 Å². The lowest BCUT2D eigenvalue weighted by Crippen LogP contribution is -2.47. The van der Waals surface area contributed by atoms with Crippen LogP contribution in [0.5, 0.6) is 0 Å². The van der Waals surface area contributed by atoms with Crippen molar-refractivity contribution < 1.29 is 4.79 Å². The molecule has 0 bridgehead atoms. The molecule has 2 aliphatic rings. The summed E-state index contributed by atoms with van der Waals surface area (Å²) in [7, 11) is 0. The van der Waals surface area contributed by atoms with Crippen LogP contribution in [0.1, 0.15) is 24.8 Å². The molecule has 0 unspecified atom stereocenters. The van der Waals surface area contributed by atoms with Crippen molar-refractivity contribution in [1.29, 1.82) is 0 Å². The molecular weight excluding hydrogens is 296 g/mol. The van der Waals surface area contributed by atoms with E-state index in [0.29, 0.717) is 5.91 Å². The Kier molecular flexibility index (Phi) is 4.11. The second-order valence-electron chi connectivity index (χ2n) is 7.12. The average Bonchev–Trinajstić information content (AvgIpc) is 2.93. The molecule has 0 aromatic heterocycles. The second kappa shape index (κ2) is 6.40. The molecule has 0 saturated carbocycles. The van der Waals surface area contributed by atoms with Gasteiger partial charge in [-0.3, -0.25) is 9.69 Å². The number of carbonyl (C=O) groups excluding carboxylic acids is 1. The standard InChI is InChI=1S/C21H24N2O/c24-20-21(13-15-23(20)19-10-5-2-6-11-19)12-7-14-22(17-21)16-18-8-3-1-4-9-18/h1-6,8-11H,7,12-17H2/t21-/m1/s1. The average molecular weight is 320 g/mol. The molecule has 1 atom stereocenters. The number of hydrogen-bond acceptors (Lipinski definition) is 2. The lowest BCUT2D eigenvalue weighted by atomic mass is 9.78.